The van der Waals surface area contributed by atoms with Gasteiger partial charge in [0.15, 0.2) is 0 Å². The minimum absolute atomic E-state index is 0.332. The molecule has 0 nitrogen and oxygen atoms in total. The topological polar surface area (TPSA) is 0 Å². The predicted octanol–water partition coefficient (Wildman–Crippen LogP) is 3.03. The molecule has 52 valence electrons. The average molecular weight is 136 g/mol. The van der Waals surface area contributed by atoms with E-state index in [1.807, 2.05) is 19.1 Å². The van der Waals surface area contributed by atoms with E-state index in [-0.39, 0.29) is 6.05 Å². The van der Waals surface area contributed by atoms with E-state index in [1.165, 1.54) is 6.08 Å². The third-order valence-corrected chi connectivity index (χ3v) is 1.32. The van der Waals surface area contributed by atoms with E-state index in [9.17, 15) is 0 Å². The Morgan fingerprint density at radius 3 is 2.70 bits per heavy atom. The Morgan fingerprint density at radius 2 is 2.10 bits per heavy atom. The van der Waals surface area contributed by atoms with Crippen LogP contribution >= 0.6 is 0 Å². The molecule has 0 amide bonds. The van der Waals surface area contributed by atoms with Crippen LogP contribution in [0.3, 0.4) is 0 Å². The van der Waals surface area contributed by atoms with E-state index in [0.29, 0.717) is 0 Å². The van der Waals surface area contributed by atoms with E-state index in [4.69, 9.17) is 5.48 Å². The standard InChI is InChI=1S/C10H12/c1-3-4-10-7-5-9(2)6-8-10/h3-8H,1-2H3/b4-3-/i1D3,3D. The third kappa shape index (κ3) is 1.73. The summed E-state index contributed by atoms with van der Waals surface area (Å²) in [5.74, 6) is 0. The molecule has 0 spiro atoms. The van der Waals surface area contributed by atoms with Crippen molar-refractivity contribution < 1.29 is 5.48 Å². The molecule has 0 atom stereocenters. The van der Waals surface area contributed by atoms with Gasteiger partial charge in [-0.3, -0.25) is 0 Å². The highest BCUT2D eigenvalue weighted by molar-refractivity contribution is 5.48. The van der Waals surface area contributed by atoms with Gasteiger partial charge in [-0.15, -0.1) is 0 Å². The molecule has 0 saturated heterocycles. The molecule has 0 aromatic heterocycles. The first-order valence-electron chi connectivity index (χ1n) is 5.15. The van der Waals surface area contributed by atoms with Crippen LogP contribution in [0.5, 0.6) is 0 Å². The lowest BCUT2D eigenvalue weighted by Gasteiger charge is -1.92. The molecular weight excluding hydrogens is 120 g/mol. The largest absolute Gasteiger partial charge is 0.0871 e. The van der Waals surface area contributed by atoms with Crippen LogP contribution in [0.25, 0.3) is 6.08 Å². The van der Waals surface area contributed by atoms with Gasteiger partial charge in [-0.25, -0.2) is 0 Å². The van der Waals surface area contributed by atoms with E-state index in [1.54, 1.807) is 12.1 Å². The molecule has 0 unspecified atom stereocenters. The Hall–Kier alpha value is -1.04. The first-order chi connectivity index (χ1) is 6.39. The van der Waals surface area contributed by atoms with Crippen molar-refractivity contribution >= 4 is 6.08 Å². The molecule has 0 saturated carbocycles. The fraction of sp³-hybridized carbons (Fsp3) is 0.200. The van der Waals surface area contributed by atoms with Crippen molar-refractivity contribution in [2.45, 2.75) is 13.8 Å². The summed E-state index contributed by atoms with van der Waals surface area (Å²) >= 11 is 0. The summed E-state index contributed by atoms with van der Waals surface area (Å²) in [4.78, 5) is 0. The van der Waals surface area contributed by atoms with Gasteiger partial charge in [-0.2, -0.15) is 0 Å². The number of hydrogen-bond donors (Lipinski definition) is 0. The molecule has 1 aromatic carbocycles. The zero-order chi connectivity index (χ0) is 10.8. The summed E-state index contributed by atoms with van der Waals surface area (Å²) in [6.07, 6.45) is 1.37. The number of rotatable bonds is 1. The molecule has 0 heteroatoms. The van der Waals surface area contributed by atoms with Gasteiger partial charge in [0.1, 0.15) is 0 Å². The van der Waals surface area contributed by atoms with Crippen LogP contribution in [-0.4, -0.2) is 0 Å². The van der Waals surface area contributed by atoms with Crippen LogP contribution in [0.15, 0.2) is 30.3 Å². The highest BCUT2D eigenvalue weighted by Crippen LogP contribution is 2.04. The summed E-state index contributed by atoms with van der Waals surface area (Å²) in [5, 5.41) is 0. The zero-order valence-corrected chi connectivity index (χ0v) is 5.89. The Kier molecular flexibility index (Phi) is 1.09. The summed E-state index contributed by atoms with van der Waals surface area (Å²) < 4.78 is 28.3. The van der Waals surface area contributed by atoms with Crippen molar-refractivity contribution in [2.75, 3.05) is 0 Å². The number of allylic oxidation sites excluding steroid dienone is 1. The zero-order valence-electron chi connectivity index (χ0n) is 9.89. The third-order valence-electron chi connectivity index (χ3n) is 1.32. The Morgan fingerprint density at radius 1 is 1.40 bits per heavy atom. The maximum atomic E-state index is 7.31. The SMILES string of the molecule is [2H]/C(=C/c1ccc(C)cc1)C([2H])([2H])[2H]. The molecular formula is C10H12. The molecule has 0 aliphatic carbocycles. The van der Waals surface area contributed by atoms with E-state index in [2.05, 4.69) is 0 Å². The Bertz CT molecular complexity index is 332. The van der Waals surface area contributed by atoms with Crippen LogP contribution in [-0.2, 0) is 0 Å². The second kappa shape index (κ2) is 3.21. The fourth-order valence-electron chi connectivity index (χ4n) is 0.746. The van der Waals surface area contributed by atoms with Crippen molar-refractivity contribution in [1.82, 2.24) is 0 Å². The maximum Gasteiger partial charge on any atom is 0.0573 e. The molecule has 0 radical (unpaired) electrons. The molecule has 0 aliphatic rings. The molecule has 1 rings (SSSR count). The van der Waals surface area contributed by atoms with Gasteiger partial charge in [0.2, 0.25) is 0 Å². The van der Waals surface area contributed by atoms with Gasteiger partial charge >= 0.3 is 0 Å². The van der Waals surface area contributed by atoms with Crippen molar-refractivity contribution in [1.29, 1.82) is 0 Å². The second-order valence-electron chi connectivity index (χ2n) is 2.20. The van der Waals surface area contributed by atoms with Crippen molar-refractivity contribution in [3.8, 4) is 0 Å². The van der Waals surface area contributed by atoms with E-state index < -0.39 is 6.85 Å². The summed E-state index contributed by atoms with van der Waals surface area (Å²) in [6.45, 7) is -0.357. The Labute approximate surface area is 67.8 Å². The molecule has 0 heterocycles. The maximum absolute atomic E-state index is 7.31. The smallest absolute Gasteiger partial charge is 0.0573 e. The average Bonchev–Trinajstić information content (AvgIpc) is 2.07. The van der Waals surface area contributed by atoms with Gasteiger partial charge in [0, 0.05) is 4.11 Å². The quantitative estimate of drug-likeness (QED) is 0.556. The van der Waals surface area contributed by atoms with Crippen molar-refractivity contribution in [2.24, 2.45) is 0 Å². The van der Waals surface area contributed by atoms with Crippen molar-refractivity contribution in [3.05, 3.63) is 41.4 Å². The van der Waals surface area contributed by atoms with Gasteiger partial charge in [-0.1, -0.05) is 42.0 Å². The van der Waals surface area contributed by atoms with Gasteiger partial charge < -0.3 is 0 Å². The lowest BCUT2D eigenvalue weighted by Crippen LogP contribution is -1.71. The summed E-state index contributed by atoms with van der Waals surface area (Å²) in [7, 11) is 0. The monoisotopic (exact) mass is 136 g/mol. The predicted molar refractivity (Wildman–Crippen MR) is 45.9 cm³/mol. The van der Waals surface area contributed by atoms with Gasteiger partial charge in [0.25, 0.3) is 0 Å². The van der Waals surface area contributed by atoms with Crippen LogP contribution in [0.1, 0.15) is 23.5 Å². The highest BCUT2D eigenvalue weighted by atomic mass is 13.9. The lowest BCUT2D eigenvalue weighted by molar-refractivity contribution is 1.46. The molecule has 10 heavy (non-hydrogen) atoms. The minimum atomic E-state index is -2.31. The Balaban J connectivity index is 2.93. The van der Waals surface area contributed by atoms with Crippen LogP contribution in [0.2, 0.25) is 0 Å². The molecule has 0 aliphatic heterocycles. The first kappa shape index (κ1) is 3.38. The highest BCUT2D eigenvalue weighted by Gasteiger charge is 1.83. The molecule has 1 aromatic rings. The first-order valence-corrected chi connectivity index (χ1v) is 3.15. The molecule has 0 bridgehead atoms. The molecule has 0 N–H and O–H groups in total. The van der Waals surface area contributed by atoms with E-state index in [0.717, 1.165) is 11.1 Å². The second-order valence-corrected chi connectivity index (χ2v) is 2.20. The lowest BCUT2D eigenvalue weighted by atomic mass is 10.1. The fourth-order valence-corrected chi connectivity index (χ4v) is 0.746. The number of hydrogen-bond acceptors (Lipinski definition) is 0. The summed E-state index contributed by atoms with van der Waals surface area (Å²) in [5.41, 5.74) is 1.86. The van der Waals surface area contributed by atoms with Gasteiger partial charge in [-0.05, 0) is 19.3 Å². The van der Waals surface area contributed by atoms with Crippen LogP contribution < -0.4 is 0 Å². The van der Waals surface area contributed by atoms with Crippen LogP contribution in [0.4, 0.5) is 0 Å². The molecule has 0 fully saturated rings. The van der Waals surface area contributed by atoms with Crippen molar-refractivity contribution in [3.63, 3.8) is 0 Å². The van der Waals surface area contributed by atoms with Gasteiger partial charge in [0.05, 0.1) is 1.37 Å². The number of aryl methyl sites for hydroxylation is 1. The van der Waals surface area contributed by atoms with Crippen LogP contribution in [0, 0.1) is 6.92 Å². The minimum Gasteiger partial charge on any atom is -0.0871 e. The number of benzene rings is 1. The summed E-state index contributed by atoms with van der Waals surface area (Å²) in [6, 6.07) is 7.05. The normalized spacial score (nSPS) is 18.7. The van der Waals surface area contributed by atoms with E-state index >= 15 is 0 Å².